The number of halogens is 1. The molecule has 0 bridgehead atoms. The van der Waals surface area contributed by atoms with Crippen LogP contribution in [0.2, 0.25) is 0 Å². The number of methoxy groups -OCH3 is 1. The molecular weight excluding hydrogens is 436 g/mol. The highest BCUT2D eigenvalue weighted by molar-refractivity contribution is 9.11. The molecule has 0 saturated carbocycles. The van der Waals surface area contributed by atoms with Gasteiger partial charge in [0.05, 0.1) is 24.1 Å². The molecule has 7 heteroatoms. The summed E-state index contributed by atoms with van der Waals surface area (Å²) in [6.07, 6.45) is 2.77. The molecule has 154 valence electrons. The molecule has 0 amide bonds. The fourth-order valence-corrected chi connectivity index (χ4v) is 5.57. The van der Waals surface area contributed by atoms with E-state index in [9.17, 15) is 9.59 Å². The van der Waals surface area contributed by atoms with E-state index >= 15 is 0 Å². The zero-order valence-corrected chi connectivity index (χ0v) is 18.4. The summed E-state index contributed by atoms with van der Waals surface area (Å²) >= 11 is 3.63. The Hall–Kier alpha value is -2.12. The van der Waals surface area contributed by atoms with Gasteiger partial charge in [0.2, 0.25) is 0 Å². The van der Waals surface area contributed by atoms with Gasteiger partial charge in [0.25, 0.3) is 0 Å². The van der Waals surface area contributed by atoms with Gasteiger partial charge in [0.1, 0.15) is 6.10 Å². The van der Waals surface area contributed by atoms with Crippen molar-refractivity contribution in [3.8, 4) is 0 Å². The Bertz CT molecular complexity index is 925. The van der Waals surface area contributed by atoms with Crippen molar-refractivity contribution in [3.05, 3.63) is 51.7 Å². The molecule has 1 aliphatic carbocycles. The van der Waals surface area contributed by atoms with Gasteiger partial charge in [-0.25, -0.2) is 4.79 Å². The van der Waals surface area contributed by atoms with E-state index in [1.165, 1.54) is 14.0 Å². The van der Waals surface area contributed by atoms with Gasteiger partial charge in [-0.3, -0.25) is 9.69 Å². The van der Waals surface area contributed by atoms with Crippen LogP contribution in [0.1, 0.15) is 32.3 Å². The molecule has 3 atom stereocenters. The smallest absolute Gasteiger partial charge is 0.335 e. The Balaban J connectivity index is 1.91. The minimum atomic E-state index is -0.432. The number of carbonyl (C=O) groups excluding carboxylic acids is 2. The lowest BCUT2D eigenvalue weighted by Gasteiger charge is -2.44. The summed E-state index contributed by atoms with van der Waals surface area (Å²) in [5.41, 5.74) is 3.19. The first-order chi connectivity index (χ1) is 13.9. The third kappa shape index (κ3) is 3.11. The van der Waals surface area contributed by atoms with Crippen LogP contribution in [0.3, 0.4) is 0 Å². The van der Waals surface area contributed by atoms with Crippen molar-refractivity contribution in [1.82, 2.24) is 4.90 Å². The standard InChI is InChI=1S/C22H25BrN2O4/c1-4-14(23)12-25-10-9-22-16-7-5-6-8-17(16)24-19(22)15(21(27)28-3)11-18(20(22)25)29-13(2)26/h4-8,18,20,24H,9-12H2,1-3H3/b14-4-/t18-,20+,22+/m1/s1. The van der Waals surface area contributed by atoms with E-state index in [1.807, 2.05) is 31.2 Å². The third-order valence-electron chi connectivity index (χ3n) is 6.28. The number of hydrogen-bond donors (Lipinski definition) is 1. The molecule has 1 aromatic rings. The number of fused-ring (bicyclic) bond motifs is 1. The van der Waals surface area contributed by atoms with E-state index < -0.39 is 11.5 Å². The fourth-order valence-electron chi connectivity index (χ4n) is 5.25. The number of benzene rings is 1. The Morgan fingerprint density at radius 2 is 2.14 bits per heavy atom. The molecule has 0 unspecified atom stereocenters. The van der Waals surface area contributed by atoms with Crippen molar-refractivity contribution < 1.29 is 19.1 Å². The highest BCUT2D eigenvalue weighted by atomic mass is 79.9. The molecule has 1 saturated heterocycles. The van der Waals surface area contributed by atoms with Crippen molar-refractivity contribution in [1.29, 1.82) is 0 Å². The average molecular weight is 461 g/mol. The number of allylic oxidation sites excluding steroid dienone is 1. The predicted octanol–water partition coefficient (Wildman–Crippen LogP) is 3.49. The monoisotopic (exact) mass is 460 g/mol. The summed E-state index contributed by atoms with van der Waals surface area (Å²) in [5.74, 6) is -0.711. The zero-order valence-electron chi connectivity index (χ0n) is 16.8. The van der Waals surface area contributed by atoms with Gasteiger partial charge in [-0.05, 0) is 25.0 Å². The second-order valence-corrected chi connectivity index (χ2v) is 8.76. The first-order valence-electron chi connectivity index (χ1n) is 9.82. The van der Waals surface area contributed by atoms with Crippen molar-refractivity contribution in [2.45, 2.75) is 44.2 Å². The highest BCUT2D eigenvalue weighted by Crippen LogP contribution is 2.58. The molecule has 29 heavy (non-hydrogen) atoms. The molecule has 0 aromatic heterocycles. The minimum absolute atomic E-state index is 0.0709. The minimum Gasteiger partial charge on any atom is -0.466 e. The summed E-state index contributed by atoms with van der Waals surface area (Å²) in [6, 6.07) is 8.08. The number of para-hydroxylation sites is 1. The van der Waals surface area contributed by atoms with Gasteiger partial charge in [0.15, 0.2) is 0 Å². The van der Waals surface area contributed by atoms with Gasteiger partial charge in [-0.2, -0.15) is 0 Å². The first-order valence-corrected chi connectivity index (χ1v) is 10.6. The maximum Gasteiger partial charge on any atom is 0.335 e. The van der Waals surface area contributed by atoms with Gasteiger partial charge >= 0.3 is 11.9 Å². The van der Waals surface area contributed by atoms with Crippen molar-refractivity contribution in [3.63, 3.8) is 0 Å². The number of nitrogens with one attached hydrogen (secondary N) is 1. The van der Waals surface area contributed by atoms with E-state index in [-0.39, 0.29) is 18.0 Å². The van der Waals surface area contributed by atoms with Gasteiger partial charge in [-0.1, -0.05) is 40.2 Å². The predicted molar refractivity (Wildman–Crippen MR) is 114 cm³/mol. The van der Waals surface area contributed by atoms with Crippen LogP contribution in [-0.4, -0.2) is 49.2 Å². The molecule has 2 aliphatic heterocycles. The fraction of sp³-hybridized carbons (Fsp3) is 0.455. The van der Waals surface area contributed by atoms with Crippen LogP contribution in [-0.2, 0) is 24.5 Å². The Morgan fingerprint density at radius 1 is 1.38 bits per heavy atom. The normalized spacial score (nSPS) is 28.3. The number of ether oxygens (including phenoxy) is 2. The number of hydrogen-bond acceptors (Lipinski definition) is 6. The van der Waals surface area contributed by atoms with E-state index in [0.29, 0.717) is 12.0 Å². The molecule has 2 heterocycles. The van der Waals surface area contributed by atoms with Gasteiger partial charge in [-0.15, -0.1) is 0 Å². The molecule has 3 aliphatic rings. The Morgan fingerprint density at radius 3 is 2.83 bits per heavy atom. The topological polar surface area (TPSA) is 67.9 Å². The van der Waals surface area contributed by atoms with E-state index in [4.69, 9.17) is 9.47 Å². The molecule has 1 aromatic carbocycles. The molecular formula is C22H25BrN2O4. The third-order valence-corrected chi connectivity index (χ3v) is 6.99. The average Bonchev–Trinajstić information content (AvgIpc) is 3.25. The molecule has 6 nitrogen and oxygen atoms in total. The number of likely N-dealkylation sites (tertiary alicyclic amines) is 1. The molecule has 0 radical (unpaired) electrons. The van der Waals surface area contributed by atoms with E-state index in [0.717, 1.165) is 40.9 Å². The van der Waals surface area contributed by atoms with E-state index in [2.05, 4.69) is 32.2 Å². The first kappa shape index (κ1) is 20.2. The summed E-state index contributed by atoms with van der Waals surface area (Å²) in [5, 5.41) is 3.51. The second-order valence-electron chi connectivity index (χ2n) is 7.74. The molecule has 1 fully saturated rings. The van der Waals surface area contributed by atoms with Crippen molar-refractivity contribution >= 4 is 33.6 Å². The maximum absolute atomic E-state index is 12.7. The summed E-state index contributed by atoms with van der Waals surface area (Å²) in [4.78, 5) is 27.0. The number of nitrogens with zero attached hydrogens (tertiary/aromatic N) is 1. The van der Waals surface area contributed by atoms with Crippen molar-refractivity contribution in [2.75, 3.05) is 25.5 Å². The van der Waals surface area contributed by atoms with Gasteiger partial charge in [0, 0.05) is 42.3 Å². The van der Waals surface area contributed by atoms with Gasteiger partial charge < -0.3 is 14.8 Å². The van der Waals surface area contributed by atoms with Crippen LogP contribution < -0.4 is 5.32 Å². The number of carbonyl (C=O) groups is 2. The van der Waals surface area contributed by atoms with Crippen LogP contribution in [0.15, 0.2) is 46.1 Å². The van der Waals surface area contributed by atoms with Crippen LogP contribution in [0.5, 0.6) is 0 Å². The maximum atomic E-state index is 12.7. The number of anilines is 1. The molecule has 4 rings (SSSR count). The van der Waals surface area contributed by atoms with Crippen LogP contribution in [0, 0.1) is 0 Å². The van der Waals surface area contributed by atoms with E-state index in [1.54, 1.807) is 0 Å². The summed E-state index contributed by atoms with van der Waals surface area (Å²) in [6.45, 7) is 4.97. The lowest BCUT2D eigenvalue weighted by Crippen LogP contribution is -2.55. The van der Waals surface area contributed by atoms with Crippen LogP contribution in [0.4, 0.5) is 5.69 Å². The molecule has 1 N–H and O–H groups in total. The SMILES string of the molecule is C/C=C(\Br)CN1CC[C@]23C(=C(C(=O)OC)C[C@@H](OC(C)=O)[C@H]12)Nc1ccccc13. The largest absolute Gasteiger partial charge is 0.466 e. The quantitative estimate of drug-likeness (QED) is 0.693. The lowest BCUT2D eigenvalue weighted by atomic mass is 9.66. The van der Waals surface area contributed by atoms with Crippen molar-refractivity contribution in [2.24, 2.45) is 0 Å². The Labute approximate surface area is 179 Å². The number of esters is 2. The Kier molecular flexibility index (Phi) is 5.29. The summed E-state index contributed by atoms with van der Waals surface area (Å²) < 4.78 is 12.0. The summed E-state index contributed by atoms with van der Waals surface area (Å²) in [7, 11) is 1.39. The zero-order chi connectivity index (χ0) is 20.8. The second kappa shape index (κ2) is 7.61. The number of rotatable bonds is 4. The van der Waals surface area contributed by atoms with Crippen LogP contribution in [0.25, 0.3) is 0 Å². The van der Waals surface area contributed by atoms with Crippen LogP contribution >= 0.6 is 15.9 Å². The molecule has 1 spiro atoms. The lowest BCUT2D eigenvalue weighted by molar-refractivity contribution is -0.152. The highest BCUT2D eigenvalue weighted by Gasteiger charge is 2.62.